The van der Waals surface area contributed by atoms with E-state index in [2.05, 4.69) is 0 Å². The Morgan fingerprint density at radius 3 is 1.90 bits per heavy atom. The van der Waals surface area contributed by atoms with Gasteiger partial charge in [0.15, 0.2) is 0 Å². The van der Waals surface area contributed by atoms with Crippen LogP contribution >= 0.6 is 0 Å². The summed E-state index contributed by atoms with van der Waals surface area (Å²) in [7, 11) is 0. The quantitative estimate of drug-likeness (QED) is 0.487. The van der Waals surface area contributed by atoms with Crippen molar-refractivity contribution in [2.45, 2.75) is 45.4 Å². The first-order chi connectivity index (χ1) is 10.2. The topological polar surface area (TPSA) is 52.6 Å². The van der Waals surface area contributed by atoms with Gasteiger partial charge in [-0.1, -0.05) is 43.9 Å². The smallest absolute Gasteiger partial charge is 0.338 e. The van der Waals surface area contributed by atoms with Gasteiger partial charge in [0.1, 0.15) is 0 Å². The minimum atomic E-state index is -0.253. The average molecular weight is 292 g/mol. The van der Waals surface area contributed by atoms with Crippen molar-refractivity contribution in [3.8, 4) is 0 Å². The molecule has 1 aromatic rings. The molecular weight excluding hydrogens is 268 g/mol. The summed E-state index contributed by atoms with van der Waals surface area (Å²) >= 11 is 0. The van der Waals surface area contributed by atoms with Crippen molar-refractivity contribution in [3.05, 3.63) is 35.9 Å². The Balaban J connectivity index is 1.91. The van der Waals surface area contributed by atoms with Crippen LogP contribution in [-0.2, 0) is 14.3 Å². The molecule has 4 nitrogen and oxygen atoms in total. The molecule has 116 valence electrons. The summed E-state index contributed by atoms with van der Waals surface area (Å²) in [6, 6.07) is 9.04. The molecule has 0 heterocycles. The number of carbonyl (C=O) groups is 2. The molecule has 1 aromatic carbocycles. The Kier molecular flexibility index (Phi) is 8.93. The van der Waals surface area contributed by atoms with Gasteiger partial charge in [0.2, 0.25) is 0 Å². The zero-order valence-electron chi connectivity index (χ0n) is 12.7. The fourth-order valence-corrected chi connectivity index (χ4v) is 1.95. The number of hydrogen-bond acceptors (Lipinski definition) is 4. The zero-order chi connectivity index (χ0) is 15.3. The van der Waals surface area contributed by atoms with E-state index in [1.165, 1.54) is 6.92 Å². The molecule has 0 aliphatic carbocycles. The minimum Gasteiger partial charge on any atom is -0.466 e. The fourth-order valence-electron chi connectivity index (χ4n) is 1.95. The first kappa shape index (κ1) is 17.2. The summed E-state index contributed by atoms with van der Waals surface area (Å²) in [5.74, 6) is -0.466. The lowest BCUT2D eigenvalue weighted by Gasteiger charge is -2.05. The second-order valence-electron chi connectivity index (χ2n) is 4.96. The fraction of sp³-hybridized carbons (Fsp3) is 0.529. The summed E-state index contributed by atoms with van der Waals surface area (Å²) in [6.07, 6.45) is 6.16. The highest BCUT2D eigenvalue weighted by Crippen LogP contribution is 2.07. The van der Waals surface area contributed by atoms with Crippen LogP contribution in [-0.4, -0.2) is 25.2 Å². The molecule has 0 radical (unpaired) electrons. The monoisotopic (exact) mass is 292 g/mol. The number of carbonyl (C=O) groups excluding carboxylic acids is 2. The van der Waals surface area contributed by atoms with Crippen molar-refractivity contribution >= 4 is 11.9 Å². The zero-order valence-corrected chi connectivity index (χ0v) is 12.7. The third kappa shape index (κ3) is 8.84. The van der Waals surface area contributed by atoms with E-state index in [9.17, 15) is 9.59 Å². The van der Waals surface area contributed by atoms with Gasteiger partial charge in [-0.2, -0.15) is 0 Å². The molecule has 0 aliphatic rings. The van der Waals surface area contributed by atoms with Crippen LogP contribution in [0.2, 0.25) is 0 Å². The molecule has 0 aromatic heterocycles. The number of esters is 2. The molecule has 1 rings (SSSR count). The van der Waals surface area contributed by atoms with Gasteiger partial charge < -0.3 is 9.47 Å². The van der Waals surface area contributed by atoms with Crippen LogP contribution in [0.5, 0.6) is 0 Å². The number of hydrogen-bond donors (Lipinski definition) is 0. The molecule has 0 fully saturated rings. The molecule has 0 saturated carbocycles. The van der Waals surface area contributed by atoms with E-state index in [4.69, 9.17) is 9.47 Å². The van der Waals surface area contributed by atoms with Gasteiger partial charge in [-0.15, -0.1) is 0 Å². The molecule has 0 bridgehead atoms. The summed E-state index contributed by atoms with van der Waals surface area (Å²) in [5.41, 5.74) is 0.600. The van der Waals surface area contributed by atoms with E-state index >= 15 is 0 Å². The molecule has 0 spiro atoms. The van der Waals surface area contributed by atoms with E-state index in [0.29, 0.717) is 18.8 Å². The van der Waals surface area contributed by atoms with Gasteiger partial charge >= 0.3 is 11.9 Å². The van der Waals surface area contributed by atoms with Crippen LogP contribution in [0.3, 0.4) is 0 Å². The molecule has 21 heavy (non-hydrogen) atoms. The summed E-state index contributed by atoms with van der Waals surface area (Å²) < 4.78 is 10.1. The SMILES string of the molecule is CC(=O)OCCCCCCCCOC(=O)c1ccccc1. The Hall–Kier alpha value is -1.84. The standard InChI is InChI=1S/C17H24O4/c1-15(18)20-13-9-4-2-3-5-10-14-21-17(19)16-11-7-6-8-12-16/h6-8,11-12H,2-5,9-10,13-14H2,1H3. The molecule has 4 heteroatoms. The molecular formula is C17H24O4. The van der Waals surface area contributed by atoms with Crippen LogP contribution in [0.15, 0.2) is 30.3 Å². The normalized spacial score (nSPS) is 10.1. The van der Waals surface area contributed by atoms with Gasteiger partial charge in [0.05, 0.1) is 18.8 Å². The van der Waals surface area contributed by atoms with Gasteiger partial charge in [0, 0.05) is 6.92 Å². The molecule has 0 unspecified atom stereocenters. The first-order valence-electron chi connectivity index (χ1n) is 7.55. The molecule has 0 atom stereocenters. The van der Waals surface area contributed by atoms with Crippen LogP contribution in [0.4, 0.5) is 0 Å². The Morgan fingerprint density at radius 2 is 1.33 bits per heavy atom. The predicted octanol–water partition coefficient (Wildman–Crippen LogP) is 3.75. The lowest BCUT2D eigenvalue weighted by atomic mass is 10.1. The second kappa shape index (κ2) is 10.9. The van der Waals surface area contributed by atoms with Crippen molar-refractivity contribution in [2.24, 2.45) is 0 Å². The Morgan fingerprint density at radius 1 is 0.810 bits per heavy atom. The molecule has 0 saturated heterocycles. The van der Waals surface area contributed by atoms with E-state index in [0.717, 1.165) is 38.5 Å². The minimum absolute atomic E-state index is 0.213. The molecule has 0 N–H and O–H groups in total. The van der Waals surface area contributed by atoms with Crippen LogP contribution in [0.1, 0.15) is 55.8 Å². The van der Waals surface area contributed by atoms with Gasteiger partial charge in [0.25, 0.3) is 0 Å². The molecule has 0 aliphatic heterocycles. The summed E-state index contributed by atoms with van der Waals surface area (Å²) in [4.78, 5) is 22.2. The van der Waals surface area contributed by atoms with E-state index < -0.39 is 0 Å². The van der Waals surface area contributed by atoms with Crippen molar-refractivity contribution in [1.82, 2.24) is 0 Å². The summed E-state index contributed by atoms with van der Waals surface area (Å²) in [6.45, 7) is 2.42. The van der Waals surface area contributed by atoms with Crippen LogP contribution in [0, 0.1) is 0 Å². The van der Waals surface area contributed by atoms with E-state index in [1.54, 1.807) is 12.1 Å². The second-order valence-corrected chi connectivity index (χ2v) is 4.96. The van der Waals surface area contributed by atoms with Crippen molar-refractivity contribution in [1.29, 1.82) is 0 Å². The first-order valence-corrected chi connectivity index (χ1v) is 7.55. The van der Waals surface area contributed by atoms with Crippen molar-refractivity contribution in [2.75, 3.05) is 13.2 Å². The van der Waals surface area contributed by atoms with Gasteiger partial charge in [-0.05, 0) is 25.0 Å². The lowest BCUT2D eigenvalue weighted by Crippen LogP contribution is -2.06. The van der Waals surface area contributed by atoms with Crippen LogP contribution < -0.4 is 0 Å². The van der Waals surface area contributed by atoms with Crippen LogP contribution in [0.25, 0.3) is 0 Å². The van der Waals surface area contributed by atoms with Gasteiger partial charge in [-0.3, -0.25) is 4.79 Å². The summed E-state index contributed by atoms with van der Waals surface area (Å²) in [5, 5.41) is 0. The van der Waals surface area contributed by atoms with E-state index in [-0.39, 0.29) is 11.9 Å². The largest absolute Gasteiger partial charge is 0.466 e. The number of unbranched alkanes of at least 4 members (excludes halogenated alkanes) is 5. The Labute approximate surface area is 126 Å². The third-order valence-corrected chi connectivity index (χ3v) is 3.09. The van der Waals surface area contributed by atoms with E-state index in [1.807, 2.05) is 18.2 Å². The third-order valence-electron chi connectivity index (χ3n) is 3.09. The van der Waals surface area contributed by atoms with Crippen molar-refractivity contribution < 1.29 is 19.1 Å². The highest BCUT2D eigenvalue weighted by Gasteiger charge is 2.04. The number of ether oxygens (including phenoxy) is 2. The van der Waals surface area contributed by atoms with Gasteiger partial charge in [-0.25, -0.2) is 4.79 Å². The van der Waals surface area contributed by atoms with Crippen molar-refractivity contribution in [3.63, 3.8) is 0 Å². The average Bonchev–Trinajstić information content (AvgIpc) is 2.49. The lowest BCUT2D eigenvalue weighted by molar-refractivity contribution is -0.141. The number of rotatable bonds is 10. The predicted molar refractivity (Wildman–Crippen MR) is 81.1 cm³/mol. The maximum absolute atomic E-state index is 11.6. The molecule has 0 amide bonds. The highest BCUT2D eigenvalue weighted by molar-refractivity contribution is 5.89. The maximum atomic E-state index is 11.6. The Bertz CT molecular complexity index is 414. The highest BCUT2D eigenvalue weighted by atomic mass is 16.5. The number of benzene rings is 1. The maximum Gasteiger partial charge on any atom is 0.338 e.